The molecule has 1 aromatic carbocycles. The molecule has 0 unspecified atom stereocenters. The number of ether oxygens (including phenoxy) is 1. The summed E-state index contributed by atoms with van der Waals surface area (Å²) in [5.74, 6) is 0.631. The van der Waals surface area contributed by atoms with Gasteiger partial charge < -0.3 is 4.74 Å². The second-order valence-electron chi connectivity index (χ2n) is 3.83. The van der Waals surface area contributed by atoms with Crippen molar-refractivity contribution in [2.45, 2.75) is 6.92 Å². The maximum Gasteiger partial charge on any atom is 0.213 e. The lowest BCUT2D eigenvalue weighted by atomic mass is 10.2. The third-order valence-electron chi connectivity index (χ3n) is 2.67. The summed E-state index contributed by atoms with van der Waals surface area (Å²) in [7, 11) is 0. The third-order valence-corrected chi connectivity index (χ3v) is 2.67. The zero-order valence-electron chi connectivity index (χ0n) is 10.00. The molecule has 0 aliphatic carbocycles. The molecular weight excluding hydrogens is 226 g/mol. The molecule has 89 valence electrons. The van der Waals surface area contributed by atoms with Gasteiger partial charge >= 0.3 is 0 Å². The number of nitrogens with zero attached hydrogens (tertiary/aromatic N) is 3. The van der Waals surface area contributed by atoms with Crippen LogP contribution in [0.5, 0.6) is 5.88 Å². The zero-order chi connectivity index (χ0) is 12.4. The van der Waals surface area contributed by atoms with Gasteiger partial charge in [-0.1, -0.05) is 6.07 Å². The molecule has 0 bridgehead atoms. The van der Waals surface area contributed by atoms with E-state index in [0.29, 0.717) is 12.5 Å². The predicted molar refractivity (Wildman–Crippen MR) is 68.9 cm³/mol. The molecule has 4 nitrogen and oxygen atoms in total. The monoisotopic (exact) mass is 238 g/mol. The van der Waals surface area contributed by atoms with E-state index in [1.165, 1.54) is 0 Å². The lowest BCUT2D eigenvalue weighted by Crippen LogP contribution is -1.98. The number of benzene rings is 1. The number of hydrogen-bond acceptors (Lipinski definition) is 3. The van der Waals surface area contributed by atoms with Crippen LogP contribution < -0.4 is 4.74 Å². The van der Waals surface area contributed by atoms with Gasteiger partial charge in [0, 0.05) is 11.5 Å². The number of pyridine rings is 1. The molecule has 0 saturated heterocycles. The Bertz CT molecular complexity index is 658. The lowest BCUT2D eigenvalue weighted by molar-refractivity contribution is 0.327. The van der Waals surface area contributed by atoms with E-state index in [9.17, 15) is 0 Å². The Hall–Kier alpha value is -2.36. The van der Waals surface area contributed by atoms with Crippen LogP contribution in [0.2, 0.25) is 0 Å². The first-order valence-corrected chi connectivity index (χ1v) is 5.81. The van der Waals surface area contributed by atoms with Crippen LogP contribution in [0.25, 0.3) is 16.6 Å². The predicted octanol–water partition coefficient (Wildman–Crippen LogP) is 2.62. The highest BCUT2D eigenvalue weighted by molar-refractivity contribution is 5.79. The molecule has 2 heterocycles. The minimum atomic E-state index is 0.618. The third kappa shape index (κ3) is 1.82. The molecule has 18 heavy (non-hydrogen) atoms. The Kier molecular flexibility index (Phi) is 2.68. The summed E-state index contributed by atoms with van der Waals surface area (Å²) in [5.41, 5.74) is 1.96. The molecule has 0 amide bonds. The van der Waals surface area contributed by atoms with E-state index in [2.05, 4.69) is 16.1 Å². The first kappa shape index (κ1) is 10.8. The molecule has 0 N–H and O–H groups in total. The summed E-state index contributed by atoms with van der Waals surface area (Å²) in [6.45, 7) is 2.56. The van der Waals surface area contributed by atoms with Crippen molar-refractivity contribution in [2.75, 3.05) is 6.61 Å². The highest BCUT2D eigenvalue weighted by Crippen LogP contribution is 2.18. The summed E-state index contributed by atoms with van der Waals surface area (Å²) < 4.78 is 7.17. The Morgan fingerprint density at radius 3 is 3.00 bits per heavy atom. The van der Waals surface area contributed by atoms with Crippen molar-refractivity contribution in [2.24, 2.45) is 0 Å². The summed E-state index contributed by atoms with van der Waals surface area (Å²) in [6.07, 6.45) is 3.58. The number of fused-ring (bicyclic) bond motifs is 1. The molecule has 0 saturated carbocycles. The fourth-order valence-corrected chi connectivity index (χ4v) is 1.85. The normalized spacial score (nSPS) is 10.7. The molecule has 0 aliphatic heterocycles. The zero-order valence-corrected chi connectivity index (χ0v) is 10.00. The van der Waals surface area contributed by atoms with Gasteiger partial charge in [0.05, 0.1) is 30.2 Å². The Balaban J connectivity index is 2.03. The minimum Gasteiger partial charge on any atom is -0.478 e. The van der Waals surface area contributed by atoms with Crippen molar-refractivity contribution in [3.63, 3.8) is 0 Å². The van der Waals surface area contributed by atoms with Gasteiger partial charge in [-0.25, -0.2) is 9.67 Å². The van der Waals surface area contributed by atoms with Crippen molar-refractivity contribution in [1.29, 1.82) is 0 Å². The second kappa shape index (κ2) is 4.49. The summed E-state index contributed by atoms with van der Waals surface area (Å²) >= 11 is 0. The van der Waals surface area contributed by atoms with E-state index in [4.69, 9.17) is 4.74 Å². The number of rotatable bonds is 3. The van der Waals surface area contributed by atoms with Crippen LogP contribution in [0.1, 0.15) is 6.92 Å². The van der Waals surface area contributed by atoms with Gasteiger partial charge in [0.15, 0.2) is 0 Å². The van der Waals surface area contributed by atoms with E-state index in [-0.39, 0.29) is 0 Å². The SMILES string of the molecule is CCOc1ccc(-n2ncc3c[c]ccc32)cn1. The number of aromatic nitrogens is 3. The second-order valence-corrected chi connectivity index (χ2v) is 3.83. The van der Waals surface area contributed by atoms with Crippen LogP contribution in [0.3, 0.4) is 0 Å². The fraction of sp³-hybridized carbons (Fsp3) is 0.143. The topological polar surface area (TPSA) is 39.9 Å². The molecule has 0 fully saturated rings. The van der Waals surface area contributed by atoms with Gasteiger partial charge in [0.2, 0.25) is 5.88 Å². The molecule has 4 heteroatoms. The van der Waals surface area contributed by atoms with Crippen LogP contribution in [0.4, 0.5) is 0 Å². The molecule has 1 radical (unpaired) electrons. The largest absolute Gasteiger partial charge is 0.478 e. The Morgan fingerprint density at radius 1 is 1.28 bits per heavy atom. The van der Waals surface area contributed by atoms with E-state index in [0.717, 1.165) is 16.6 Å². The standard InChI is InChI=1S/C14H12N3O/c1-2-18-14-8-7-12(10-15-14)17-13-6-4-3-5-11(13)9-16-17/h4-10H,2H2,1H3. The van der Waals surface area contributed by atoms with Gasteiger partial charge in [0.1, 0.15) is 0 Å². The smallest absolute Gasteiger partial charge is 0.213 e. The van der Waals surface area contributed by atoms with Crippen LogP contribution in [0.15, 0.2) is 42.7 Å². The van der Waals surface area contributed by atoms with E-state index < -0.39 is 0 Å². The van der Waals surface area contributed by atoms with Crippen molar-refractivity contribution >= 4 is 10.9 Å². The summed E-state index contributed by atoms with van der Waals surface area (Å²) in [6, 6.07) is 12.6. The van der Waals surface area contributed by atoms with Gasteiger partial charge in [-0.05, 0) is 31.2 Å². The van der Waals surface area contributed by atoms with Crippen LogP contribution in [-0.2, 0) is 0 Å². The Labute approximate surface area is 105 Å². The molecule has 3 aromatic rings. The summed E-state index contributed by atoms with van der Waals surface area (Å²) in [4.78, 5) is 4.24. The lowest BCUT2D eigenvalue weighted by Gasteiger charge is -2.05. The average Bonchev–Trinajstić information content (AvgIpc) is 2.84. The van der Waals surface area contributed by atoms with E-state index >= 15 is 0 Å². The highest BCUT2D eigenvalue weighted by atomic mass is 16.5. The van der Waals surface area contributed by atoms with Crippen LogP contribution >= 0.6 is 0 Å². The first-order chi connectivity index (χ1) is 8.88. The molecular formula is C14H12N3O. The Morgan fingerprint density at radius 2 is 2.22 bits per heavy atom. The average molecular weight is 238 g/mol. The minimum absolute atomic E-state index is 0.618. The maximum atomic E-state index is 5.32. The van der Waals surface area contributed by atoms with E-state index in [1.54, 1.807) is 6.20 Å². The molecule has 3 rings (SSSR count). The molecule has 2 aromatic heterocycles. The van der Waals surface area contributed by atoms with Crippen molar-refractivity contribution in [3.05, 3.63) is 48.8 Å². The van der Waals surface area contributed by atoms with Gasteiger partial charge in [-0.15, -0.1) is 0 Å². The first-order valence-electron chi connectivity index (χ1n) is 5.81. The van der Waals surface area contributed by atoms with Crippen molar-refractivity contribution in [1.82, 2.24) is 14.8 Å². The maximum absolute atomic E-state index is 5.32. The van der Waals surface area contributed by atoms with Gasteiger partial charge in [0.25, 0.3) is 0 Å². The molecule has 0 atom stereocenters. The van der Waals surface area contributed by atoms with Gasteiger partial charge in [-0.2, -0.15) is 5.10 Å². The molecule has 0 spiro atoms. The fourth-order valence-electron chi connectivity index (χ4n) is 1.85. The molecule has 0 aliphatic rings. The van der Waals surface area contributed by atoms with Crippen LogP contribution in [0, 0.1) is 6.07 Å². The summed E-state index contributed by atoms with van der Waals surface area (Å²) in [5, 5.41) is 5.42. The van der Waals surface area contributed by atoms with Gasteiger partial charge in [-0.3, -0.25) is 0 Å². The van der Waals surface area contributed by atoms with Crippen molar-refractivity contribution in [3.8, 4) is 11.6 Å². The number of hydrogen-bond donors (Lipinski definition) is 0. The van der Waals surface area contributed by atoms with E-state index in [1.807, 2.05) is 48.1 Å². The highest BCUT2D eigenvalue weighted by Gasteiger charge is 2.04. The quantitative estimate of drug-likeness (QED) is 0.704. The van der Waals surface area contributed by atoms with Crippen molar-refractivity contribution < 1.29 is 4.74 Å². The van der Waals surface area contributed by atoms with Crippen LogP contribution in [-0.4, -0.2) is 21.4 Å².